The number of thiocarbonyl (C=S) groups is 1. The second-order valence-corrected chi connectivity index (χ2v) is 3.57. The smallest absolute Gasteiger partial charge is 0.184 e. The van der Waals surface area contributed by atoms with Gasteiger partial charge in [-0.15, -0.1) is 6.42 Å². The van der Waals surface area contributed by atoms with E-state index in [2.05, 4.69) is 28.7 Å². The number of terminal acetylenes is 1. The fourth-order valence-electron chi connectivity index (χ4n) is 1.17. The molecule has 94 valence electrons. The predicted octanol–water partition coefficient (Wildman–Crippen LogP) is 0.874. The Morgan fingerprint density at radius 1 is 1.67 bits per heavy atom. The molecule has 0 heterocycles. The molecule has 1 aromatic rings. The fraction of sp³-hybridized carbons (Fsp3) is 0.167. The van der Waals surface area contributed by atoms with Crippen molar-refractivity contribution in [3.8, 4) is 23.8 Å². The number of nitrogens with zero attached hydrogens (tertiary/aromatic N) is 1. The summed E-state index contributed by atoms with van der Waals surface area (Å²) in [4.78, 5) is 0. The highest BCUT2D eigenvalue weighted by Crippen LogP contribution is 2.22. The molecule has 0 aliphatic heterocycles. The van der Waals surface area contributed by atoms with Gasteiger partial charge in [0.15, 0.2) is 5.11 Å². The molecule has 3 N–H and O–H groups in total. The minimum Gasteiger partial charge on any atom is -0.497 e. The zero-order valence-corrected chi connectivity index (χ0v) is 10.7. The summed E-state index contributed by atoms with van der Waals surface area (Å²) in [6.45, 7) is 0.176. The molecule has 0 aliphatic rings. The van der Waals surface area contributed by atoms with Crippen LogP contribution in [0.25, 0.3) is 0 Å². The quantitative estimate of drug-likeness (QED) is 0.357. The van der Waals surface area contributed by atoms with Crippen molar-refractivity contribution in [2.24, 2.45) is 10.8 Å². The highest BCUT2D eigenvalue weighted by Gasteiger charge is 2.03. The number of methoxy groups -OCH3 is 1. The average molecular weight is 263 g/mol. The van der Waals surface area contributed by atoms with Crippen molar-refractivity contribution < 1.29 is 9.47 Å². The summed E-state index contributed by atoms with van der Waals surface area (Å²) in [6.07, 6.45) is 6.66. The molecule has 1 rings (SSSR count). The van der Waals surface area contributed by atoms with Crippen LogP contribution in [0, 0.1) is 12.3 Å². The van der Waals surface area contributed by atoms with E-state index in [0.29, 0.717) is 17.1 Å². The van der Waals surface area contributed by atoms with Crippen LogP contribution in [-0.2, 0) is 0 Å². The van der Waals surface area contributed by atoms with E-state index in [1.807, 2.05) is 0 Å². The molecule has 0 aromatic heterocycles. The van der Waals surface area contributed by atoms with E-state index in [-0.39, 0.29) is 11.7 Å². The molecule has 0 spiro atoms. The van der Waals surface area contributed by atoms with Crippen LogP contribution in [0.2, 0.25) is 0 Å². The monoisotopic (exact) mass is 263 g/mol. The van der Waals surface area contributed by atoms with E-state index in [1.54, 1.807) is 25.3 Å². The van der Waals surface area contributed by atoms with Crippen molar-refractivity contribution in [3.63, 3.8) is 0 Å². The van der Waals surface area contributed by atoms with Gasteiger partial charge in [-0.05, 0) is 30.4 Å². The first-order valence-electron chi connectivity index (χ1n) is 5.00. The van der Waals surface area contributed by atoms with Crippen molar-refractivity contribution in [2.75, 3.05) is 13.7 Å². The molecule has 0 aliphatic carbocycles. The molecule has 0 amide bonds. The lowest BCUT2D eigenvalue weighted by Gasteiger charge is -2.08. The van der Waals surface area contributed by atoms with E-state index in [9.17, 15) is 0 Å². The Morgan fingerprint density at radius 2 is 2.44 bits per heavy atom. The molecular formula is C12H13N3O2S. The Balaban J connectivity index is 2.92. The summed E-state index contributed by atoms with van der Waals surface area (Å²) < 4.78 is 10.5. The lowest BCUT2D eigenvalue weighted by Crippen LogP contribution is -2.24. The fourth-order valence-corrected chi connectivity index (χ4v) is 1.22. The van der Waals surface area contributed by atoms with E-state index in [1.165, 1.54) is 6.21 Å². The molecule has 5 nitrogen and oxygen atoms in total. The van der Waals surface area contributed by atoms with Gasteiger partial charge in [0, 0.05) is 5.56 Å². The van der Waals surface area contributed by atoms with Gasteiger partial charge in [-0.25, -0.2) is 0 Å². The van der Waals surface area contributed by atoms with Crippen LogP contribution in [-0.4, -0.2) is 25.0 Å². The number of hydrogen-bond donors (Lipinski definition) is 2. The maximum atomic E-state index is 5.37. The normalized spacial score (nSPS) is 9.78. The van der Waals surface area contributed by atoms with Crippen LogP contribution in [0.4, 0.5) is 0 Å². The van der Waals surface area contributed by atoms with Gasteiger partial charge in [0.2, 0.25) is 0 Å². The molecule has 6 heteroatoms. The number of nitrogens with one attached hydrogen (secondary N) is 1. The van der Waals surface area contributed by atoms with Gasteiger partial charge in [-0.1, -0.05) is 5.92 Å². The maximum absolute atomic E-state index is 5.37. The van der Waals surface area contributed by atoms with Crippen LogP contribution >= 0.6 is 12.2 Å². The third-order valence-corrected chi connectivity index (χ3v) is 2.00. The predicted molar refractivity (Wildman–Crippen MR) is 74.8 cm³/mol. The summed E-state index contributed by atoms with van der Waals surface area (Å²) in [5.74, 6) is 3.67. The van der Waals surface area contributed by atoms with Gasteiger partial charge in [-0.3, -0.25) is 5.43 Å². The number of nitrogens with two attached hydrogens (primary N) is 1. The van der Waals surface area contributed by atoms with Crippen molar-refractivity contribution in [2.45, 2.75) is 0 Å². The van der Waals surface area contributed by atoms with Crippen LogP contribution in [0.15, 0.2) is 23.3 Å². The van der Waals surface area contributed by atoms with Crippen molar-refractivity contribution in [3.05, 3.63) is 23.8 Å². The lowest BCUT2D eigenvalue weighted by atomic mass is 10.2. The minimum absolute atomic E-state index is 0.0836. The van der Waals surface area contributed by atoms with Crippen LogP contribution in [0.1, 0.15) is 5.56 Å². The highest BCUT2D eigenvalue weighted by atomic mass is 32.1. The van der Waals surface area contributed by atoms with Gasteiger partial charge in [0.05, 0.1) is 13.3 Å². The van der Waals surface area contributed by atoms with Crippen molar-refractivity contribution >= 4 is 23.5 Å². The molecule has 0 radical (unpaired) electrons. The van der Waals surface area contributed by atoms with E-state index >= 15 is 0 Å². The SMILES string of the molecule is C#CCOc1ccc(OC)cc1C=NNC(N)=S. The topological polar surface area (TPSA) is 68.9 Å². The van der Waals surface area contributed by atoms with Gasteiger partial charge in [0.25, 0.3) is 0 Å². The molecule has 0 saturated carbocycles. The summed E-state index contributed by atoms with van der Waals surface area (Å²) in [7, 11) is 1.57. The maximum Gasteiger partial charge on any atom is 0.184 e. The molecule has 0 atom stereocenters. The van der Waals surface area contributed by atoms with Gasteiger partial charge >= 0.3 is 0 Å². The second kappa shape index (κ2) is 7.14. The zero-order valence-electron chi connectivity index (χ0n) is 9.84. The van der Waals surface area contributed by atoms with Gasteiger partial charge in [0.1, 0.15) is 18.1 Å². The van der Waals surface area contributed by atoms with E-state index in [0.717, 1.165) is 0 Å². The Kier molecular flexibility index (Phi) is 5.48. The first kappa shape index (κ1) is 13.8. The van der Waals surface area contributed by atoms with Crippen molar-refractivity contribution in [1.29, 1.82) is 0 Å². The average Bonchev–Trinajstić information content (AvgIpc) is 2.36. The first-order valence-corrected chi connectivity index (χ1v) is 5.41. The Hall–Kier alpha value is -2.26. The zero-order chi connectivity index (χ0) is 13.4. The largest absolute Gasteiger partial charge is 0.497 e. The lowest BCUT2D eigenvalue weighted by molar-refractivity contribution is 0.367. The first-order chi connectivity index (χ1) is 8.67. The molecule has 0 unspecified atom stereocenters. The number of hydrazone groups is 1. The Labute approximate surface area is 111 Å². The third kappa shape index (κ3) is 4.31. The number of ether oxygens (including phenoxy) is 2. The summed E-state index contributed by atoms with van der Waals surface area (Å²) in [5, 5.41) is 3.94. The molecule has 0 fully saturated rings. The molecule has 18 heavy (non-hydrogen) atoms. The Bertz CT molecular complexity index is 495. The minimum atomic E-state index is 0.0836. The summed E-state index contributed by atoms with van der Waals surface area (Å²) >= 11 is 4.63. The van der Waals surface area contributed by atoms with E-state index in [4.69, 9.17) is 21.6 Å². The van der Waals surface area contributed by atoms with Gasteiger partial charge in [-0.2, -0.15) is 5.10 Å². The van der Waals surface area contributed by atoms with Crippen LogP contribution in [0.5, 0.6) is 11.5 Å². The van der Waals surface area contributed by atoms with Crippen LogP contribution < -0.4 is 20.6 Å². The highest BCUT2D eigenvalue weighted by molar-refractivity contribution is 7.80. The molecule has 1 aromatic carbocycles. The van der Waals surface area contributed by atoms with Crippen molar-refractivity contribution in [1.82, 2.24) is 5.43 Å². The summed E-state index contributed by atoms with van der Waals surface area (Å²) in [5.41, 5.74) is 8.41. The number of rotatable bonds is 5. The molecular weight excluding hydrogens is 250 g/mol. The number of benzene rings is 1. The Morgan fingerprint density at radius 3 is 3.06 bits per heavy atom. The number of hydrogen-bond acceptors (Lipinski definition) is 4. The van der Waals surface area contributed by atoms with E-state index < -0.39 is 0 Å². The molecule has 0 bridgehead atoms. The third-order valence-electron chi connectivity index (χ3n) is 1.91. The van der Waals surface area contributed by atoms with Gasteiger partial charge < -0.3 is 15.2 Å². The van der Waals surface area contributed by atoms with Crippen LogP contribution in [0.3, 0.4) is 0 Å². The molecule has 0 saturated heterocycles. The standard InChI is InChI=1S/C12H13N3O2S/c1-3-6-17-11-5-4-10(16-2)7-9(11)8-14-15-12(13)18/h1,4-5,7-8H,6H2,2H3,(H3,13,15,18). The summed E-state index contributed by atoms with van der Waals surface area (Å²) in [6, 6.07) is 5.28. The second-order valence-electron chi connectivity index (χ2n) is 3.13.